The number of methoxy groups -OCH3 is 2. The predicted octanol–water partition coefficient (Wildman–Crippen LogP) is 4.80. The first kappa shape index (κ1) is 23.9. The zero-order valence-electron chi connectivity index (χ0n) is 19.2. The number of nitrogens with zero attached hydrogens (tertiary/aromatic N) is 1. The van der Waals surface area contributed by atoms with E-state index in [0.29, 0.717) is 34.3 Å². The highest BCUT2D eigenvalue weighted by molar-refractivity contribution is 7.93. The third-order valence-electron chi connectivity index (χ3n) is 5.95. The van der Waals surface area contributed by atoms with Crippen LogP contribution in [0, 0.1) is 0 Å². The minimum atomic E-state index is -4.37. The molecule has 0 fully saturated rings. The topological polar surface area (TPSA) is 82.1 Å². The van der Waals surface area contributed by atoms with E-state index in [0.717, 1.165) is 4.31 Å². The molecule has 1 amide bonds. The van der Waals surface area contributed by atoms with Crippen molar-refractivity contribution in [2.24, 2.45) is 0 Å². The Bertz CT molecular complexity index is 1370. The molecule has 178 valence electrons. The number of carbonyl (C=O) groups is 1. The summed E-state index contributed by atoms with van der Waals surface area (Å²) in [6.07, 6.45) is 0. The second kappa shape index (κ2) is 8.85. The fraction of sp³-hybridized carbons (Fsp3) is 0.240. The molecule has 0 saturated carbocycles. The van der Waals surface area contributed by atoms with E-state index in [4.69, 9.17) is 25.8 Å². The number of carbonyl (C=O) groups excluding carboxylic acids is 1. The van der Waals surface area contributed by atoms with Crippen LogP contribution in [-0.4, -0.2) is 35.2 Å². The van der Waals surface area contributed by atoms with Gasteiger partial charge in [-0.3, -0.25) is 4.79 Å². The molecular weight excluding hydrogens is 478 g/mol. The highest BCUT2D eigenvalue weighted by Crippen LogP contribution is 2.51. The lowest BCUT2D eigenvalue weighted by molar-refractivity contribution is -0.120. The van der Waals surface area contributed by atoms with Crippen molar-refractivity contribution >= 4 is 33.2 Å². The molecule has 1 aliphatic heterocycles. The van der Waals surface area contributed by atoms with Crippen molar-refractivity contribution in [3.8, 4) is 17.2 Å². The van der Waals surface area contributed by atoms with Crippen molar-refractivity contribution in [2.75, 3.05) is 25.1 Å². The number of rotatable bonds is 7. The summed E-state index contributed by atoms with van der Waals surface area (Å²) in [5.41, 5.74) is -0.162. The Labute approximate surface area is 203 Å². The molecule has 1 unspecified atom stereocenters. The number of ether oxygens (including phenoxy) is 3. The van der Waals surface area contributed by atoms with Gasteiger partial charge in [-0.25, -0.2) is 12.7 Å². The Morgan fingerprint density at radius 3 is 2.29 bits per heavy atom. The maximum atomic E-state index is 14.0. The van der Waals surface area contributed by atoms with E-state index in [9.17, 15) is 13.2 Å². The van der Waals surface area contributed by atoms with Gasteiger partial charge in [0.2, 0.25) is 0 Å². The molecule has 0 spiro atoms. The smallest absolute Gasteiger partial charge is 0.274 e. The predicted molar refractivity (Wildman–Crippen MR) is 130 cm³/mol. The van der Waals surface area contributed by atoms with Crippen molar-refractivity contribution in [3.05, 3.63) is 76.8 Å². The highest BCUT2D eigenvalue weighted by Gasteiger charge is 2.54. The summed E-state index contributed by atoms with van der Waals surface area (Å²) in [7, 11) is -1.54. The van der Waals surface area contributed by atoms with Gasteiger partial charge in [0, 0.05) is 16.7 Å². The second-order valence-electron chi connectivity index (χ2n) is 7.81. The van der Waals surface area contributed by atoms with Gasteiger partial charge in [0.15, 0.2) is 0 Å². The van der Waals surface area contributed by atoms with E-state index in [2.05, 4.69) is 0 Å². The molecule has 1 heterocycles. The van der Waals surface area contributed by atoms with Gasteiger partial charge in [-0.2, -0.15) is 0 Å². The fourth-order valence-electron chi connectivity index (χ4n) is 4.23. The van der Waals surface area contributed by atoms with Gasteiger partial charge in [-0.1, -0.05) is 29.8 Å². The largest absolute Gasteiger partial charge is 0.497 e. The molecule has 0 radical (unpaired) electrons. The summed E-state index contributed by atoms with van der Waals surface area (Å²) in [5, 5.41) is 0.354. The summed E-state index contributed by atoms with van der Waals surface area (Å²) < 4.78 is 44.8. The lowest BCUT2D eigenvalue weighted by Gasteiger charge is -2.26. The van der Waals surface area contributed by atoms with Gasteiger partial charge in [-0.05, 0) is 55.8 Å². The van der Waals surface area contributed by atoms with E-state index in [1.165, 1.54) is 32.4 Å². The molecule has 34 heavy (non-hydrogen) atoms. The molecular formula is C25H24ClNO6S. The van der Waals surface area contributed by atoms with Crippen LogP contribution >= 0.6 is 11.6 Å². The van der Waals surface area contributed by atoms with Crippen LogP contribution in [0.25, 0.3) is 0 Å². The van der Waals surface area contributed by atoms with Crippen LogP contribution in [0.15, 0.2) is 65.6 Å². The lowest BCUT2D eigenvalue weighted by Crippen LogP contribution is -2.42. The molecule has 7 nitrogen and oxygen atoms in total. The van der Waals surface area contributed by atoms with Gasteiger partial charge in [-0.15, -0.1) is 0 Å². The third-order valence-corrected chi connectivity index (χ3v) is 8.02. The minimum Gasteiger partial charge on any atom is -0.497 e. The summed E-state index contributed by atoms with van der Waals surface area (Å²) in [5.74, 6) is 0.355. The zero-order chi connectivity index (χ0) is 24.7. The first-order valence-corrected chi connectivity index (χ1v) is 12.4. The first-order chi connectivity index (χ1) is 16.2. The molecule has 0 bridgehead atoms. The SMILES string of the molecule is CCOc1ccc2c(c1)C(C)(c1ccccc1Cl)C(=O)N2S(=O)(=O)c1ccc(OC)cc1OC. The highest BCUT2D eigenvalue weighted by atomic mass is 35.5. The van der Waals surface area contributed by atoms with Crippen molar-refractivity contribution < 1.29 is 27.4 Å². The summed E-state index contributed by atoms with van der Waals surface area (Å²) in [4.78, 5) is 13.9. The molecule has 0 aromatic heterocycles. The molecule has 1 aliphatic rings. The standard InChI is InChI=1S/C25H24ClNO6S/c1-5-33-17-10-12-21-19(14-17)25(2,18-8-6-7-9-20(18)26)24(28)27(21)34(29,30)23-13-11-16(31-3)15-22(23)32-4/h6-15H,5H2,1-4H3. The number of fused-ring (bicyclic) bond motifs is 1. The maximum absolute atomic E-state index is 14.0. The van der Waals surface area contributed by atoms with Crippen molar-refractivity contribution in [1.29, 1.82) is 0 Å². The van der Waals surface area contributed by atoms with Gasteiger partial charge in [0.25, 0.3) is 15.9 Å². The van der Waals surface area contributed by atoms with E-state index in [-0.39, 0.29) is 16.3 Å². The van der Waals surface area contributed by atoms with Gasteiger partial charge >= 0.3 is 0 Å². The lowest BCUT2D eigenvalue weighted by atomic mass is 9.77. The average Bonchev–Trinajstić information content (AvgIpc) is 3.06. The summed E-state index contributed by atoms with van der Waals surface area (Å²) in [6, 6.07) is 16.1. The number of benzene rings is 3. The molecule has 4 rings (SSSR count). The van der Waals surface area contributed by atoms with Crippen LogP contribution in [0.4, 0.5) is 5.69 Å². The van der Waals surface area contributed by atoms with E-state index in [1.807, 2.05) is 6.92 Å². The molecule has 3 aromatic carbocycles. The van der Waals surface area contributed by atoms with Crippen molar-refractivity contribution in [2.45, 2.75) is 24.2 Å². The molecule has 0 saturated heterocycles. The Balaban J connectivity index is 1.98. The fourth-order valence-corrected chi connectivity index (χ4v) is 6.21. The molecule has 9 heteroatoms. The monoisotopic (exact) mass is 501 g/mol. The van der Waals surface area contributed by atoms with Gasteiger partial charge in [0.05, 0.1) is 26.5 Å². The number of hydrogen-bond donors (Lipinski definition) is 0. The number of halogens is 1. The van der Waals surface area contributed by atoms with Gasteiger partial charge in [0.1, 0.15) is 27.6 Å². The van der Waals surface area contributed by atoms with Crippen LogP contribution in [0.5, 0.6) is 17.2 Å². The van der Waals surface area contributed by atoms with Crippen molar-refractivity contribution in [1.82, 2.24) is 0 Å². The van der Waals surface area contributed by atoms with Crippen LogP contribution in [0.2, 0.25) is 5.02 Å². The Morgan fingerprint density at radius 2 is 1.65 bits per heavy atom. The van der Waals surface area contributed by atoms with E-state index < -0.39 is 21.3 Å². The normalized spacial score (nSPS) is 17.4. The molecule has 0 N–H and O–H groups in total. The average molecular weight is 502 g/mol. The zero-order valence-corrected chi connectivity index (χ0v) is 20.7. The number of sulfonamides is 1. The van der Waals surface area contributed by atoms with Crippen LogP contribution in [0.1, 0.15) is 25.0 Å². The molecule has 3 aromatic rings. The van der Waals surface area contributed by atoms with E-state index >= 15 is 0 Å². The number of amides is 1. The van der Waals surface area contributed by atoms with Crippen LogP contribution in [-0.2, 0) is 20.2 Å². The number of hydrogen-bond acceptors (Lipinski definition) is 6. The quantitative estimate of drug-likeness (QED) is 0.462. The molecule has 0 aliphatic carbocycles. The Hall–Kier alpha value is -3.23. The third kappa shape index (κ3) is 3.58. The Morgan fingerprint density at radius 1 is 0.941 bits per heavy atom. The number of anilines is 1. The maximum Gasteiger partial charge on any atom is 0.274 e. The Kier molecular flexibility index (Phi) is 6.22. The summed E-state index contributed by atoms with van der Waals surface area (Å²) in [6.45, 7) is 3.94. The van der Waals surface area contributed by atoms with Gasteiger partial charge < -0.3 is 14.2 Å². The first-order valence-electron chi connectivity index (χ1n) is 10.5. The second-order valence-corrected chi connectivity index (χ2v) is 9.97. The minimum absolute atomic E-state index is 0.0611. The van der Waals surface area contributed by atoms with Crippen molar-refractivity contribution in [3.63, 3.8) is 0 Å². The van der Waals surface area contributed by atoms with Crippen LogP contribution < -0.4 is 18.5 Å². The molecule has 1 atom stereocenters. The van der Waals surface area contributed by atoms with Crippen LogP contribution in [0.3, 0.4) is 0 Å². The van der Waals surface area contributed by atoms with E-state index in [1.54, 1.807) is 49.4 Å². The summed E-state index contributed by atoms with van der Waals surface area (Å²) >= 11 is 6.50.